The lowest BCUT2D eigenvalue weighted by Gasteiger charge is -2.32. The summed E-state index contributed by atoms with van der Waals surface area (Å²) in [5.41, 5.74) is 3.56. The van der Waals surface area contributed by atoms with Crippen LogP contribution < -0.4 is 0 Å². The Hall–Kier alpha value is -1.14. The Morgan fingerprint density at radius 2 is 1.11 bits per heavy atom. The van der Waals surface area contributed by atoms with Gasteiger partial charge in [0, 0.05) is 52.4 Å². The zero-order chi connectivity index (χ0) is 19.9. The van der Waals surface area contributed by atoms with E-state index in [0.717, 1.165) is 49.9 Å². The summed E-state index contributed by atoms with van der Waals surface area (Å²) >= 11 is 0. The fourth-order valence-corrected chi connectivity index (χ4v) is 4.44. The second-order valence-corrected chi connectivity index (χ2v) is 8.93. The smallest absolute Gasteiger partial charge is 0.121 e. The van der Waals surface area contributed by atoms with Crippen molar-refractivity contribution < 1.29 is 5.11 Å². The van der Waals surface area contributed by atoms with Gasteiger partial charge >= 0.3 is 0 Å². The molecule has 0 spiro atoms. The van der Waals surface area contributed by atoms with Crippen LogP contribution in [0.1, 0.15) is 29.5 Å². The lowest BCUT2D eigenvalue weighted by molar-refractivity contribution is 0.152. The van der Waals surface area contributed by atoms with Crippen LogP contribution in [0.25, 0.3) is 0 Å². The highest BCUT2D eigenvalue weighted by Gasteiger charge is 2.16. The topological polar surface area (TPSA) is 33.2 Å². The standard InChI is InChI=1S/C23H40N4O/c1-20-18-21(6-4-8-26-14-10-24(2)11-15-26)23(28)22(19-20)7-5-9-27-16-12-25(3)13-17-27/h18-19,28H,4-17H2,1-3H3. The number of rotatable bonds is 8. The summed E-state index contributed by atoms with van der Waals surface area (Å²) in [4.78, 5) is 9.92. The number of benzene rings is 1. The van der Waals surface area contributed by atoms with Crippen molar-refractivity contribution in [3.05, 3.63) is 28.8 Å². The molecule has 2 aliphatic heterocycles. The fraction of sp³-hybridized carbons (Fsp3) is 0.739. The van der Waals surface area contributed by atoms with E-state index >= 15 is 0 Å². The van der Waals surface area contributed by atoms with E-state index in [1.807, 2.05) is 0 Å². The molecule has 2 heterocycles. The molecule has 1 N–H and O–H groups in total. The number of hydrogen-bond donors (Lipinski definition) is 1. The summed E-state index contributed by atoms with van der Waals surface area (Å²) in [6.45, 7) is 13.8. The van der Waals surface area contributed by atoms with Gasteiger partial charge in [0.2, 0.25) is 0 Å². The molecule has 0 aliphatic carbocycles. The van der Waals surface area contributed by atoms with Gasteiger partial charge in [-0.1, -0.05) is 17.7 Å². The molecule has 3 rings (SSSR count). The quantitative estimate of drug-likeness (QED) is 0.737. The first-order valence-electron chi connectivity index (χ1n) is 11.1. The Bertz CT molecular complexity index is 556. The SMILES string of the molecule is Cc1cc(CCCN2CCN(C)CC2)c(O)c(CCCN2CCN(C)CC2)c1. The maximum Gasteiger partial charge on any atom is 0.121 e. The van der Waals surface area contributed by atoms with Crippen molar-refractivity contribution in [1.29, 1.82) is 0 Å². The summed E-state index contributed by atoms with van der Waals surface area (Å²) in [6, 6.07) is 4.37. The first kappa shape index (κ1) is 21.6. The highest BCUT2D eigenvalue weighted by Crippen LogP contribution is 2.27. The van der Waals surface area contributed by atoms with E-state index in [4.69, 9.17) is 0 Å². The van der Waals surface area contributed by atoms with Crippen LogP contribution in [0.5, 0.6) is 5.75 Å². The van der Waals surface area contributed by atoms with Crippen molar-refractivity contribution in [3.63, 3.8) is 0 Å². The summed E-state index contributed by atoms with van der Waals surface area (Å²) in [7, 11) is 4.40. The Kier molecular flexibility index (Phi) is 8.15. The summed E-state index contributed by atoms with van der Waals surface area (Å²) in [6.07, 6.45) is 4.21. The normalized spacial score (nSPS) is 20.7. The third-order valence-corrected chi connectivity index (χ3v) is 6.44. The molecule has 0 aromatic heterocycles. The zero-order valence-corrected chi connectivity index (χ0v) is 18.3. The van der Waals surface area contributed by atoms with E-state index in [9.17, 15) is 5.11 Å². The molecular formula is C23H40N4O. The van der Waals surface area contributed by atoms with Gasteiger partial charge in [0.1, 0.15) is 5.75 Å². The second-order valence-electron chi connectivity index (χ2n) is 8.93. The summed E-state index contributed by atoms with van der Waals surface area (Å²) in [5.74, 6) is 0.558. The third kappa shape index (κ3) is 6.45. The number of phenolic OH excluding ortho intramolecular Hbond substituents is 1. The molecule has 0 atom stereocenters. The van der Waals surface area contributed by atoms with Crippen LogP contribution in [-0.2, 0) is 12.8 Å². The Balaban J connectivity index is 1.46. The van der Waals surface area contributed by atoms with Crippen molar-refractivity contribution in [2.24, 2.45) is 0 Å². The molecule has 2 fully saturated rings. The number of likely N-dealkylation sites (N-methyl/N-ethyl adjacent to an activating group) is 2. The van der Waals surface area contributed by atoms with Crippen LogP contribution in [0.15, 0.2) is 12.1 Å². The van der Waals surface area contributed by atoms with Crippen LogP contribution in [-0.4, -0.2) is 104 Å². The van der Waals surface area contributed by atoms with Crippen LogP contribution in [0.2, 0.25) is 0 Å². The molecule has 5 heteroatoms. The van der Waals surface area contributed by atoms with Crippen molar-refractivity contribution >= 4 is 0 Å². The molecule has 158 valence electrons. The van der Waals surface area contributed by atoms with Gasteiger partial charge in [-0.15, -0.1) is 0 Å². The minimum atomic E-state index is 0.558. The van der Waals surface area contributed by atoms with Gasteiger partial charge in [0.25, 0.3) is 0 Å². The van der Waals surface area contributed by atoms with Gasteiger partial charge in [-0.25, -0.2) is 0 Å². The van der Waals surface area contributed by atoms with E-state index in [-0.39, 0.29) is 0 Å². The van der Waals surface area contributed by atoms with E-state index in [0.29, 0.717) is 5.75 Å². The Morgan fingerprint density at radius 1 is 0.714 bits per heavy atom. The lowest BCUT2D eigenvalue weighted by Crippen LogP contribution is -2.44. The van der Waals surface area contributed by atoms with Gasteiger partial charge in [-0.05, 0) is 70.9 Å². The largest absolute Gasteiger partial charge is 0.507 e. The van der Waals surface area contributed by atoms with Crippen LogP contribution in [0, 0.1) is 6.92 Å². The highest BCUT2D eigenvalue weighted by atomic mass is 16.3. The molecule has 0 bridgehead atoms. The maximum absolute atomic E-state index is 10.8. The molecule has 0 unspecified atom stereocenters. The number of aryl methyl sites for hydroxylation is 3. The van der Waals surface area contributed by atoms with Gasteiger partial charge in [0.15, 0.2) is 0 Å². The van der Waals surface area contributed by atoms with Gasteiger partial charge in [-0.3, -0.25) is 0 Å². The van der Waals surface area contributed by atoms with Crippen LogP contribution >= 0.6 is 0 Å². The average Bonchev–Trinajstić information content (AvgIpc) is 2.68. The number of hydrogen-bond acceptors (Lipinski definition) is 5. The first-order valence-corrected chi connectivity index (χ1v) is 11.1. The predicted octanol–water partition coefficient (Wildman–Crippen LogP) is 2.06. The number of nitrogens with zero attached hydrogens (tertiary/aromatic N) is 4. The van der Waals surface area contributed by atoms with E-state index in [1.54, 1.807) is 0 Å². The lowest BCUT2D eigenvalue weighted by atomic mass is 9.98. The van der Waals surface area contributed by atoms with Crippen molar-refractivity contribution in [2.45, 2.75) is 32.6 Å². The average molecular weight is 389 g/mol. The predicted molar refractivity (Wildman–Crippen MR) is 117 cm³/mol. The van der Waals surface area contributed by atoms with E-state index in [2.05, 4.69) is 52.8 Å². The minimum absolute atomic E-state index is 0.558. The third-order valence-electron chi connectivity index (χ3n) is 6.44. The summed E-state index contributed by atoms with van der Waals surface area (Å²) in [5, 5.41) is 10.8. The number of aromatic hydroxyl groups is 1. The van der Waals surface area contributed by atoms with Crippen LogP contribution in [0.3, 0.4) is 0 Å². The Labute approximate surface area is 171 Å². The molecule has 0 saturated carbocycles. The molecule has 2 saturated heterocycles. The number of piperazine rings is 2. The first-order chi connectivity index (χ1) is 13.5. The molecular weight excluding hydrogens is 348 g/mol. The number of phenols is 1. The maximum atomic E-state index is 10.8. The van der Waals surface area contributed by atoms with E-state index in [1.165, 1.54) is 57.9 Å². The molecule has 2 aliphatic rings. The van der Waals surface area contributed by atoms with Crippen LogP contribution in [0.4, 0.5) is 0 Å². The second kappa shape index (κ2) is 10.6. The van der Waals surface area contributed by atoms with Gasteiger partial charge in [0.05, 0.1) is 0 Å². The molecule has 0 radical (unpaired) electrons. The molecule has 28 heavy (non-hydrogen) atoms. The van der Waals surface area contributed by atoms with Gasteiger partial charge < -0.3 is 24.7 Å². The molecule has 1 aromatic rings. The Morgan fingerprint density at radius 3 is 1.50 bits per heavy atom. The van der Waals surface area contributed by atoms with Crippen molar-refractivity contribution in [1.82, 2.24) is 19.6 Å². The van der Waals surface area contributed by atoms with Crippen molar-refractivity contribution in [3.8, 4) is 5.75 Å². The molecule has 1 aromatic carbocycles. The monoisotopic (exact) mass is 388 g/mol. The highest BCUT2D eigenvalue weighted by molar-refractivity contribution is 5.43. The minimum Gasteiger partial charge on any atom is -0.507 e. The summed E-state index contributed by atoms with van der Waals surface area (Å²) < 4.78 is 0. The van der Waals surface area contributed by atoms with Gasteiger partial charge in [-0.2, -0.15) is 0 Å². The van der Waals surface area contributed by atoms with Crippen molar-refractivity contribution in [2.75, 3.05) is 79.5 Å². The molecule has 0 amide bonds. The van der Waals surface area contributed by atoms with E-state index < -0.39 is 0 Å². The zero-order valence-electron chi connectivity index (χ0n) is 18.3. The fourth-order valence-electron chi connectivity index (χ4n) is 4.44. The molecule has 5 nitrogen and oxygen atoms in total.